The van der Waals surface area contributed by atoms with Crippen LogP contribution in [0, 0.1) is 0 Å². The summed E-state index contributed by atoms with van der Waals surface area (Å²) in [6.07, 6.45) is 7.21. The van der Waals surface area contributed by atoms with Gasteiger partial charge in [0.25, 0.3) is 0 Å². The molecule has 5 nitrogen and oxygen atoms in total. The molecule has 2 aromatic heterocycles. The minimum absolute atomic E-state index is 0.841. The summed E-state index contributed by atoms with van der Waals surface area (Å²) in [6.45, 7) is 0.841. The molecule has 0 spiro atoms. The highest BCUT2D eigenvalue weighted by Gasteiger charge is 2.12. The van der Waals surface area contributed by atoms with Gasteiger partial charge >= 0.3 is 0 Å². The van der Waals surface area contributed by atoms with Crippen molar-refractivity contribution < 1.29 is 0 Å². The lowest BCUT2D eigenvalue weighted by Gasteiger charge is -2.13. The van der Waals surface area contributed by atoms with Crippen molar-refractivity contribution in [1.82, 2.24) is 20.4 Å². The van der Waals surface area contributed by atoms with Gasteiger partial charge in [0, 0.05) is 6.20 Å². The van der Waals surface area contributed by atoms with E-state index in [0.29, 0.717) is 0 Å². The van der Waals surface area contributed by atoms with Crippen LogP contribution in [-0.2, 0) is 0 Å². The Morgan fingerprint density at radius 2 is 2.50 bits per heavy atom. The van der Waals surface area contributed by atoms with E-state index in [2.05, 4.69) is 20.4 Å². The molecule has 0 saturated heterocycles. The molecule has 70 valence electrons. The maximum absolute atomic E-state index is 4.41. The molecule has 0 bridgehead atoms. The van der Waals surface area contributed by atoms with Gasteiger partial charge in [-0.25, -0.2) is 15.0 Å². The molecule has 0 atom stereocenters. The van der Waals surface area contributed by atoms with Crippen molar-refractivity contribution in [3.63, 3.8) is 0 Å². The predicted octanol–water partition coefficient (Wildman–Crippen LogP) is 0.925. The smallest absolute Gasteiger partial charge is 0.207 e. The predicted molar refractivity (Wildman–Crippen MR) is 54.8 cm³/mol. The lowest BCUT2D eigenvalue weighted by Crippen LogP contribution is -2.29. The van der Waals surface area contributed by atoms with Crippen LogP contribution < -0.4 is 10.4 Å². The van der Waals surface area contributed by atoms with E-state index in [4.69, 9.17) is 0 Å². The van der Waals surface area contributed by atoms with Crippen molar-refractivity contribution in [2.75, 3.05) is 11.6 Å². The Hall–Kier alpha value is -1.69. The number of fused-ring (bicyclic) bond motifs is 1. The first kappa shape index (κ1) is 7.69. The number of hydrogen-bond acceptors (Lipinski definition) is 6. The van der Waals surface area contributed by atoms with E-state index >= 15 is 0 Å². The topological polar surface area (TPSA) is 53.9 Å². The van der Waals surface area contributed by atoms with E-state index in [9.17, 15) is 0 Å². The lowest BCUT2D eigenvalue weighted by atomic mass is 10.6. The zero-order valence-corrected chi connectivity index (χ0v) is 8.03. The third-order valence-corrected chi connectivity index (χ3v) is 2.93. The van der Waals surface area contributed by atoms with Crippen molar-refractivity contribution in [3.05, 3.63) is 24.8 Å². The SMILES string of the molecule is C1=CNN(c2nc3cncnc3s2)C1. The van der Waals surface area contributed by atoms with E-state index in [1.54, 1.807) is 23.9 Å². The molecule has 2 aromatic rings. The number of thiazole rings is 1. The summed E-state index contributed by atoms with van der Waals surface area (Å²) < 4.78 is 0. The van der Waals surface area contributed by atoms with Crippen LogP contribution in [0.4, 0.5) is 5.13 Å². The normalized spacial score (nSPS) is 15.0. The standard InChI is InChI=1S/C8H7N5S/c1-2-11-13(3-1)8-12-6-4-9-5-10-7(6)14-8/h1-2,4-5,11H,3H2. The molecule has 0 aromatic carbocycles. The maximum Gasteiger partial charge on any atom is 0.207 e. The van der Waals surface area contributed by atoms with Gasteiger partial charge < -0.3 is 5.43 Å². The number of nitrogens with zero attached hydrogens (tertiary/aromatic N) is 4. The molecule has 3 rings (SSSR count). The summed E-state index contributed by atoms with van der Waals surface area (Å²) in [4.78, 5) is 13.4. The van der Waals surface area contributed by atoms with Crippen LogP contribution in [0.3, 0.4) is 0 Å². The van der Waals surface area contributed by atoms with Crippen LogP contribution in [-0.4, -0.2) is 21.5 Å². The average Bonchev–Trinajstić information content (AvgIpc) is 2.86. The second-order valence-electron chi connectivity index (χ2n) is 2.85. The average molecular weight is 205 g/mol. The van der Waals surface area contributed by atoms with Crippen molar-refractivity contribution in [3.8, 4) is 0 Å². The van der Waals surface area contributed by atoms with Gasteiger partial charge in [0.05, 0.1) is 12.7 Å². The Morgan fingerprint density at radius 3 is 3.29 bits per heavy atom. The minimum Gasteiger partial charge on any atom is -0.304 e. The zero-order valence-electron chi connectivity index (χ0n) is 7.21. The lowest BCUT2D eigenvalue weighted by molar-refractivity contribution is 0.836. The van der Waals surface area contributed by atoms with Crippen LogP contribution in [0.5, 0.6) is 0 Å². The Labute approximate surface area is 84.1 Å². The molecule has 0 radical (unpaired) electrons. The number of hydrogen-bond donors (Lipinski definition) is 1. The molecule has 0 aliphatic carbocycles. The zero-order chi connectivity index (χ0) is 9.38. The second kappa shape index (κ2) is 2.91. The van der Waals surface area contributed by atoms with E-state index < -0.39 is 0 Å². The van der Waals surface area contributed by atoms with Crippen LogP contribution in [0.2, 0.25) is 0 Å². The first-order chi connectivity index (χ1) is 6.93. The van der Waals surface area contributed by atoms with Gasteiger partial charge in [-0.2, -0.15) is 0 Å². The van der Waals surface area contributed by atoms with Gasteiger partial charge in [0.2, 0.25) is 5.13 Å². The van der Waals surface area contributed by atoms with Crippen molar-refractivity contribution in [2.24, 2.45) is 0 Å². The third kappa shape index (κ3) is 1.12. The van der Waals surface area contributed by atoms with Crippen LogP contribution in [0.1, 0.15) is 0 Å². The minimum atomic E-state index is 0.841. The summed E-state index contributed by atoms with van der Waals surface area (Å²) in [5.74, 6) is 0. The Bertz CT molecular complexity index is 450. The number of rotatable bonds is 1. The Morgan fingerprint density at radius 1 is 1.50 bits per heavy atom. The maximum atomic E-state index is 4.41. The highest BCUT2D eigenvalue weighted by atomic mass is 32.1. The summed E-state index contributed by atoms with van der Waals surface area (Å²) in [5.41, 5.74) is 3.93. The quantitative estimate of drug-likeness (QED) is 0.750. The van der Waals surface area contributed by atoms with Crippen LogP contribution in [0.15, 0.2) is 24.8 Å². The molecular formula is C8H7N5S. The summed E-state index contributed by atoms with van der Waals surface area (Å²) >= 11 is 1.56. The monoisotopic (exact) mass is 205 g/mol. The molecular weight excluding hydrogens is 198 g/mol. The summed E-state index contributed by atoms with van der Waals surface area (Å²) in [6, 6.07) is 0. The molecule has 0 fully saturated rings. The molecule has 3 heterocycles. The fraction of sp³-hybridized carbons (Fsp3) is 0.125. The number of anilines is 1. The number of aromatic nitrogens is 3. The van der Waals surface area contributed by atoms with E-state index in [-0.39, 0.29) is 0 Å². The van der Waals surface area contributed by atoms with Gasteiger partial charge in [-0.15, -0.1) is 0 Å². The van der Waals surface area contributed by atoms with Gasteiger partial charge in [-0.3, -0.25) is 5.01 Å². The van der Waals surface area contributed by atoms with Gasteiger partial charge in [0.1, 0.15) is 16.7 Å². The third-order valence-electron chi connectivity index (χ3n) is 1.93. The molecule has 1 N–H and O–H groups in total. The van der Waals surface area contributed by atoms with E-state index in [0.717, 1.165) is 22.0 Å². The molecule has 0 saturated carbocycles. The van der Waals surface area contributed by atoms with Crippen LogP contribution >= 0.6 is 11.3 Å². The molecule has 6 heteroatoms. The molecule has 14 heavy (non-hydrogen) atoms. The molecule has 0 amide bonds. The highest BCUT2D eigenvalue weighted by Crippen LogP contribution is 2.25. The Balaban J connectivity index is 2.05. The van der Waals surface area contributed by atoms with Gasteiger partial charge in [-0.1, -0.05) is 11.3 Å². The van der Waals surface area contributed by atoms with Crippen molar-refractivity contribution in [2.45, 2.75) is 0 Å². The van der Waals surface area contributed by atoms with Crippen LogP contribution in [0.25, 0.3) is 10.3 Å². The number of nitrogens with one attached hydrogen (secondary N) is 1. The molecule has 1 aliphatic heterocycles. The van der Waals surface area contributed by atoms with Crippen molar-refractivity contribution in [1.29, 1.82) is 0 Å². The first-order valence-electron chi connectivity index (χ1n) is 4.19. The summed E-state index contributed by atoms with van der Waals surface area (Å²) in [5, 5.41) is 2.89. The van der Waals surface area contributed by atoms with E-state index in [1.165, 1.54) is 0 Å². The molecule has 1 aliphatic rings. The fourth-order valence-corrected chi connectivity index (χ4v) is 2.14. The fourth-order valence-electron chi connectivity index (χ4n) is 1.28. The van der Waals surface area contributed by atoms with Gasteiger partial charge in [0.15, 0.2) is 0 Å². The largest absolute Gasteiger partial charge is 0.304 e. The second-order valence-corrected chi connectivity index (χ2v) is 3.81. The summed E-state index contributed by atoms with van der Waals surface area (Å²) in [7, 11) is 0. The first-order valence-corrected chi connectivity index (χ1v) is 5.00. The van der Waals surface area contributed by atoms with Gasteiger partial charge in [-0.05, 0) is 6.08 Å². The van der Waals surface area contributed by atoms with Crippen molar-refractivity contribution >= 4 is 26.8 Å². The van der Waals surface area contributed by atoms with E-state index in [1.807, 2.05) is 17.3 Å². The highest BCUT2D eigenvalue weighted by molar-refractivity contribution is 7.21. The number of hydrazine groups is 1. The Kier molecular flexibility index (Phi) is 1.60. The molecule has 0 unspecified atom stereocenters.